The van der Waals surface area contributed by atoms with Gasteiger partial charge in [-0.1, -0.05) is 70.2 Å². The number of carbonyl (C=O) groups excluding carboxylic acids is 5. The maximum absolute atomic E-state index is 17.2. The van der Waals surface area contributed by atoms with Gasteiger partial charge in [0.25, 0.3) is 5.67 Å². The molecule has 0 spiro atoms. The predicted octanol–water partition coefficient (Wildman–Crippen LogP) is 6.06. The fraction of sp³-hybridized carbons (Fsp3) is 0.593. The standard InChI is InChI=1S/C54H72F2N4O13S/c1-11-42-54(8)46(59-51(66)73-54)33(4)44(62)31(2)28-52(6,69-24-14-15-36-26-37-16-12-13-17-40(37)57-30-36)48(34(5)47(64)53(7,56)50(65)71-42)72-49-45(63)41(25-32(3)70-49)60(9)23-22-43(61)58-38(29-55)27-35-18-20-39(21-19-35)74(10,67)68/h12-21,26,30-34,38,41-42,45-46,48-49,63H,11,22-25,27-29H2,1-10H3,(H,58,61)(H,59,66)/b15-14+/t31-,32-,33+,34+,38+,41+,42-,45-,46?,48-,49+,52?,53?,54?/m1/s1. The minimum Gasteiger partial charge on any atom is -0.455 e. The first-order valence-electron chi connectivity index (χ1n) is 25.2. The molecule has 0 saturated carbocycles. The van der Waals surface area contributed by atoms with E-state index in [2.05, 4.69) is 15.6 Å². The van der Waals surface area contributed by atoms with Gasteiger partial charge in [0.1, 0.15) is 24.7 Å². The van der Waals surface area contributed by atoms with Gasteiger partial charge in [-0.3, -0.25) is 19.4 Å². The number of pyridine rings is 1. The lowest BCUT2D eigenvalue weighted by Gasteiger charge is -2.47. The number of aromatic nitrogens is 1. The number of aliphatic hydroxyl groups is 1. The molecule has 4 heterocycles. The first kappa shape index (κ1) is 58.0. The fourth-order valence-corrected chi connectivity index (χ4v) is 11.3. The molecule has 3 fully saturated rings. The molecule has 74 heavy (non-hydrogen) atoms. The highest BCUT2D eigenvalue weighted by atomic mass is 32.2. The lowest BCUT2D eigenvalue weighted by atomic mass is 9.73. The summed E-state index contributed by atoms with van der Waals surface area (Å²) in [6.45, 7) is 11.0. The molecule has 3 aliphatic heterocycles. The van der Waals surface area contributed by atoms with Crippen LogP contribution in [0.25, 0.3) is 17.0 Å². The quantitative estimate of drug-likeness (QED) is 0.109. The highest BCUT2D eigenvalue weighted by molar-refractivity contribution is 7.90. The molecule has 14 atom stereocenters. The van der Waals surface area contributed by atoms with Crippen LogP contribution in [-0.2, 0) is 59.1 Å². The van der Waals surface area contributed by atoms with Crippen LogP contribution in [0.1, 0.15) is 92.2 Å². The van der Waals surface area contributed by atoms with Crippen LogP contribution in [0.15, 0.2) is 71.8 Å². The molecule has 3 N–H and O–H groups in total. The largest absolute Gasteiger partial charge is 0.455 e. The number of amides is 2. The van der Waals surface area contributed by atoms with Crippen molar-refractivity contribution in [1.82, 2.24) is 20.5 Å². The summed E-state index contributed by atoms with van der Waals surface area (Å²) >= 11 is 0. The van der Waals surface area contributed by atoms with Crippen LogP contribution in [0.5, 0.6) is 0 Å². The molecule has 4 unspecified atom stereocenters. The van der Waals surface area contributed by atoms with Crippen molar-refractivity contribution in [3.63, 3.8) is 0 Å². The van der Waals surface area contributed by atoms with E-state index in [4.69, 9.17) is 23.7 Å². The van der Waals surface area contributed by atoms with E-state index in [9.17, 15) is 41.9 Å². The number of alkyl carbamates (subject to hydrolysis) is 1. The van der Waals surface area contributed by atoms with Gasteiger partial charge < -0.3 is 44.3 Å². The van der Waals surface area contributed by atoms with Crippen LogP contribution in [-0.4, -0.2) is 152 Å². The van der Waals surface area contributed by atoms with E-state index in [-0.39, 0.29) is 55.9 Å². The molecular formula is C54H72F2N4O13S. The number of esters is 1. The average Bonchev–Trinajstić information content (AvgIpc) is 3.68. The van der Waals surface area contributed by atoms with Gasteiger partial charge in [-0.25, -0.2) is 26.8 Å². The first-order valence-corrected chi connectivity index (χ1v) is 27.1. The van der Waals surface area contributed by atoms with Gasteiger partial charge in [-0.15, -0.1) is 0 Å². The molecule has 406 valence electrons. The number of fused-ring (bicyclic) bond motifs is 2. The second kappa shape index (κ2) is 23.7. The number of nitrogens with one attached hydrogen (secondary N) is 2. The van der Waals surface area contributed by atoms with Gasteiger partial charge in [-0.2, -0.15) is 0 Å². The fourth-order valence-electron chi connectivity index (χ4n) is 10.7. The zero-order valence-corrected chi connectivity index (χ0v) is 44.7. The van der Waals surface area contributed by atoms with Gasteiger partial charge >= 0.3 is 12.1 Å². The molecule has 0 radical (unpaired) electrons. The molecule has 17 nitrogen and oxygen atoms in total. The SMILES string of the molecule is CC[C@H]1OC(=O)C(C)(F)C(=O)[C@H](C)[C@@H](O[C@@H]2O[C@H](C)C[C@H](N(C)CCC(=O)N[C@H](CF)Cc3ccc(S(C)(=O)=O)cc3)[C@H]2O)C(C)(OC/C=C/c2cnc3ccccc3c2)C[C@@H](C)C(=O)[C@H](C)C2NC(=O)OC21C. The number of aliphatic hydroxyl groups excluding tert-OH is 1. The molecule has 6 rings (SSSR count). The number of para-hydroxylation sites is 1. The van der Waals surface area contributed by atoms with Gasteiger partial charge in [0.05, 0.1) is 46.9 Å². The van der Waals surface area contributed by atoms with Crippen molar-refractivity contribution >= 4 is 56.4 Å². The minimum atomic E-state index is -3.43. The molecule has 0 aliphatic carbocycles. The summed E-state index contributed by atoms with van der Waals surface area (Å²) in [4.78, 5) is 75.8. The van der Waals surface area contributed by atoms with E-state index in [1.165, 1.54) is 26.0 Å². The number of hydrogen-bond acceptors (Lipinski definition) is 15. The Balaban J connectivity index is 1.29. The number of hydrogen-bond donors (Lipinski definition) is 3. The Kier molecular flexibility index (Phi) is 18.6. The number of Topliss-reactive ketones (excluding diaryl/α,β-unsaturated/α-hetero) is 2. The van der Waals surface area contributed by atoms with Gasteiger partial charge in [0, 0.05) is 54.6 Å². The maximum atomic E-state index is 17.2. The number of ether oxygens (including phenoxy) is 5. The highest BCUT2D eigenvalue weighted by Crippen LogP contribution is 2.41. The van der Waals surface area contributed by atoms with Crippen molar-refractivity contribution in [2.75, 3.05) is 33.1 Å². The predicted molar refractivity (Wildman–Crippen MR) is 271 cm³/mol. The Morgan fingerprint density at radius 3 is 2.41 bits per heavy atom. The highest BCUT2D eigenvalue weighted by Gasteiger charge is 2.59. The monoisotopic (exact) mass is 1050 g/mol. The lowest BCUT2D eigenvalue weighted by molar-refractivity contribution is -0.297. The summed E-state index contributed by atoms with van der Waals surface area (Å²) < 4.78 is 86.3. The Labute approximate surface area is 432 Å². The van der Waals surface area contributed by atoms with Gasteiger partial charge in [0.2, 0.25) is 5.91 Å². The topological polar surface area (TPSA) is 226 Å². The second-order valence-electron chi connectivity index (χ2n) is 20.9. The summed E-state index contributed by atoms with van der Waals surface area (Å²) in [7, 11) is -1.74. The van der Waals surface area contributed by atoms with E-state index >= 15 is 4.39 Å². The van der Waals surface area contributed by atoms with Crippen LogP contribution in [0.2, 0.25) is 0 Å². The smallest absolute Gasteiger partial charge is 0.408 e. The first-order chi connectivity index (χ1) is 34.7. The average molecular weight is 1060 g/mol. The van der Waals surface area contributed by atoms with Crippen molar-refractivity contribution in [2.45, 2.75) is 158 Å². The number of ketones is 2. The molecule has 3 aliphatic rings. The summed E-state index contributed by atoms with van der Waals surface area (Å²) in [5, 5.41) is 18.4. The number of nitrogens with zero attached hydrogens (tertiary/aromatic N) is 2. The van der Waals surface area contributed by atoms with Crippen LogP contribution >= 0.6 is 0 Å². The number of alkyl halides is 2. The molecular weight excluding hydrogens is 983 g/mol. The number of likely N-dealkylation sites (N-methyl/N-ethyl adjacent to an activating group) is 1. The van der Waals surface area contributed by atoms with Gasteiger partial charge in [-0.05, 0) is 95.8 Å². The Bertz CT molecular complexity index is 2660. The number of carbonyl (C=O) groups is 5. The van der Waals surface area contributed by atoms with Crippen molar-refractivity contribution in [3.05, 3.63) is 78.0 Å². The summed E-state index contributed by atoms with van der Waals surface area (Å²) in [6, 6.07) is 12.9. The van der Waals surface area contributed by atoms with E-state index in [0.29, 0.717) is 5.56 Å². The zero-order valence-electron chi connectivity index (χ0n) is 43.8. The van der Waals surface area contributed by atoms with Crippen LogP contribution < -0.4 is 10.6 Å². The van der Waals surface area contributed by atoms with Gasteiger partial charge in [0.15, 0.2) is 27.5 Å². The third-order valence-electron chi connectivity index (χ3n) is 14.9. The number of sulfone groups is 1. The third-order valence-corrected chi connectivity index (χ3v) is 16.0. The Morgan fingerprint density at radius 2 is 1.74 bits per heavy atom. The molecule has 3 saturated heterocycles. The normalized spacial score (nSPS) is 32.9. The van der Waals surface area contributed by atoms with Crippen molar-refractivity contribution < 1.29 is 70.0 Å². The zero-order chi connectivity index (χ0) is 54.5. The number of cyclic esters (lactones) is 1. The number of halogens is 2. The van der Waals surface area contributed by atoms with E-state index in [0.717, 1.165) is 29.6 Å². The van der Waals surface area contributed by atoms with Crippen molar-refractivity contribution in [3.8, 4) is 0 Å². The third kappa shape index (κ3) is 13.2. The van der Waals surface area contributed by atoms with E-state index in [1.54, 1.807) is 77.0 Å². The van der Waals surface area contributed by atoms with Crippen molar-refractivity contribution in [1.29, 1.82) is 0 Å². The Morgan fingerprint density at radius 1 is 1.05 bits per heavy atom. The molecule has 1 aromatic heterocycles. The Hall–Kier alpha value is -5.25. The lowest BCUT2D eigenvalue weighted by Crippen LogP contribution is -2.62. The summed E-state index contributed by atoms with van der Waals surface area (Å²) in [5.74, 6) is -6.95. The molecule has 2 aromatic carbocycles. The number of rotatable bonds is 16. The van der Waals surface area contributed by atoms with Crippen molar-refractivity contribution in [2.24, 2.45) is 17.8 Å². The molecule has 20 heteroatoms. The number of benzene rings is 2. The molecule has 2 amide bonds. The second-order valence-corrected chi connectivity index (χ2v) is 22.9. The molecule has 3 aromatic rings. The van der Waals surface area contributed by atoms with E-state index in [1.807, 2.05) is 30.3 Å². The van der Waals surface area contributed by atoms with Crippen LogP contribution in [0, 0.1) is 17.8 Å². The summed E-state index contributed by atoms with van der Waals surface area (Å²) in [5.41, 5.74) is -4.44. The summed E-state index contributed by atoms with van der Waals surface area (Å²) in [6.07, 6.45) is -0.787. The van der Waals surface area contributed by atoms with Crippen LogP contribution in [0.3, 0.4) is 0 Å². The van der Waals surface area contributed by atoms with Crippen LogP contribution in [0.4, 0.5) is 13.6 Å². The maximum Gasteiger partial charge on any atom is 0.408 e. The van der Waals surface area contributed by atoms with E-state index < -0.39 is 124 Å². The minimum absolute atomic E-state index is 0.0311. The molecule has 0 bridgehead atoms.